The number of nitrogens with one attached hydrogen (secondary N) is 1. The van der Waals surface area contributed by atoms with Crippen LogP contribution in [0.2, 0.25) is 0 Å². The van der Waals surface area contributed by atoms with Crippen LogP contribution in [-0.2, 0) is 9.53 Å². The molecule has 0 aliphatic carbocycles. The first-order chi connectivity index (χ1) is 14.1. The summed E-state index contributed by atoms with van der Waals surface area (Å²) < 4.78 is 21.5. The van der Waals surface area contributed by atoms with E-state index in [9.17, 15) is 9.18 Å². The number of aryl methyl sites for hydroxylation is 1. The minimum atomic E-state index is -0.364. The molecule has 0 saturated carbocycles. The van der Waals surface area contributed by atoms with E-state index in [2.05, 4.69) is 22.9 Å². The molecule has 1 saturated heterocycles. The normalized spacial score (nSPS) is 14.7. The fraction of sp³-hybridized carbons (Fsp3) is 0.261. The molecule has 6 heteroatoms. The van der Waals surface area contributed by atoms with Crippen LogP contribution in [0.15, 0.2) is 70.6 Å². The van der Waals surface area contributed by atoms with Gasteiger partial charge in [-0.15, -0.1) is 0 Å². The standard InChI is InChI=1S/C23H23FN2O2S/c1-16-3-2-10-26(16)20-4-6-21(7-5-20)29-22-14-18(24)13-19(15-22)25-23(27)17-8-11-28-12-9-17/h2-7,10,13-15,17H,8-9,11-12H2,1H3,(H,25,27). The zero-order valence-electron chi connectivity index (χ0n) is 16.2. The Morgan fingerprint density at radius 2 is 1.86 bits per heavy atom. The number of nitrogens with zero attached hydrogens (tertiary/aromatic N) is 1. The number of carbonyl (C=O) groups excluding carboxylic acids is 1. The molecule has 2 aromatic carbocycles. The monoisotopic (exact) mass is 410 g/mol. The van der Waals surface area contributed by atoms with Crippen molar-refractivity contribution in [3.8, 4) is 5.69 Å². The van der Waals surface area contributed by atoms with Crippen LogP contribution in [0.4, 0.5) is 10.1 Å². The van der Waals surface area contributed by atoms with Crippen molar-refractivity contribution < 1.29 is 13.9 Å². The molecule has 0 unspecified atom stereocenters. The molecule has 1 aliphatic heterocycles. The van der Waals surface area contributed by atoms with Crippen LogP contribution in [0.3, 0.4) is 0 Å². The second-order valence-corrected chi connectivity index (χ2v) is 8.31. The first-order valence-electron chi connectivity index (χ1n) is 9.70. The van der Waals surface area contributed by atoms with Gasteiger partial charge in [-0.2, -0.15) is 0 Å². The Morgan fingerprint density at radius 1 is 1.10 bits per heavy atom. The van der Waals surface area contributed by atoms with E-state index in [0.29, 0.717) is 31.7 Å². The Kier molecular flexibility index (Phi) is 6.02. The Bertz CT molecular complexity index is 994. The fourth-order valence-corrected chi connectivity index (χ4v) is 4.37. The topological polar surface area (TPSA) is 43.3 Å². The molecule has 0 spiro atoms. The molecule has 4 nitrogen and oxygen atoms in total. The summed E-state index contributed by atoms with van der Waals surface area (Å²) in [5.41, 5.74) is 2.74. The van der Waals surface area contributed by atoms with E-state index in [1.807, 2.05) is 42.6 Å². The number of rotatable bonds is 5. The van der Waals surface area contributed by atoms with Crippen molar-refractivity contribution in [2.75, 3.05) is 18.5 Å². The van der Waals surface area contributed by atoms with E-state index in [-0.39, 0.29) is 17.6 Å². The summed E-state index contributed by atoms with van der Waals surface area (Å²) in [4.78, 5) is 14.2. The molecule has 0 radical (unpaired) electrons. The molecule has 3 aromatic rings. The summed E-state index contributed by atoms with van der Waals surface area (Å²) >= 11 is 1.47. The van der Waals surface area contributed by atoms with E-state index in [1.54, 1.807) is 0 Å². The van der Waals surface area contributed by atoms with Gasteiger partial charge >= 0.3 is 0 Å². The summed E-state index contributed by atoms with van der Waals surface area (Å²) in [5.74, 6) is -0.508. The van der Waals surface area contributed by atoms with Gasteiger partial charge in [0.1, 0.15) is 5.82 Å². The van der Waals surface area contributed by atoms with Crippen molar-refractivity contribution in [1.82, 2.24) is 4.57 Å². The zero-order valence-corrected chi connectivity index (χ0v) is 17.0. The number of anilines is 1. The van der Waals surface area contributed by atoms with Gasteiger partial charge in [0.15, 0.2) is 0 Å². The summed E-state index contributed by atoms with van der Waals surface area (Å²) in [7, 11) is 0. The lowest BCUT2D eigenvalue weighted by Gasteiger charge is -2.21. The second kappa shape index (κ2) is 8.84. The lowest BCUT2D eigenvalue weighted by atomic mass is 9.99. The molecule has 0 bridgehead atoms. The summed E-state index contributed by atoms with van der Waals surface area (Å²) in [6.45, 7) is 3.26. The lowest BCUT2D eigenvalue weighted by Crippen LogP contribution is -2.28. The second-order valence-electron chi connectivity index (χ2n) is 7.17. The molecule has 150 valence electrons. The van der Waals surface area contributed by atoms with E-state index < -0.39 is 0 Å². The zero-order chi connectivity index (χ0) is 20.2. The van der Waals surface area contributed by atoms with Gasteiger partial charge in [-0.05, 0) is 74.4 Å². The highest BCUT2D eigenvalue weighted by atomic mass is 32.2. The third-order valence-electron chi connectivity index (χ3n) is 5.03. The number of ether oxygens (including phenoxy) is 1. The number of benzene rings is 2. The lowest BCUT2D eigenvalue weighted by molar-refractivity contribution is -0.122. The van der Waals surface area contributed by atoms with E-state index in [4.69, 9.17) is 4.74 Å². The third-order valence-corrected chi connectivity index (χ3v) is 6.01. The molecule has 1 N–H and O–H groups in total. The van der Waals surface area contributed by atoms with Crippen LogP contribution in [0.5, 0.6) is 0 Å². The number of hydrogen-bond donors (Lipinski definition) is 1. The summed E-state index contributed by atoms with van der Waals surface area (Å²) in [6.07, 6.45) is 3.43. The Morgan fingerprint density at radius 3 is 2.55 bits per heavy atom. The average molecular weight is 411 g/mol. The van der Waals surface area contributed by atoms with Crippen molar-refractivity contribution in [2.45, 2.75) is 29.6 Å². The van der Waals surface area contributed by atoms with Gasteiger partial charge in [0.2, 0.25) is 5.91 Å². The van der Waals surface area contributed by atoms with Gasteiger partial charge < -0.3 is 14.6 Å². The average Bonchev–Trinajstić information content (AvgIpc) is 3.15. The Balaban J connectivity index is 1.46. The maximum Gasteiger partial charge on any atom is 0.227 e. The predicted molar refractivity (Wildman–Crippen MR) is 113 cm³/mol. The quantitative estimate of drug-likeness (QED) is 0.609. The van der Waals surface area contributed by atoms with E-state index in [1.165, 1.54) is 29.6 Å². The van der Waals surface area contributed by atoms with Crippen molar-refractivity contribution in [3.63, 3.8) is 0 Å². The van der Waals surface area contributed by atoms with Gasteiger partial charge in [0.25, 0.3) is 0 Å². The van der Waals surface area contributed by atoms with E-state index >= 15 is 0 Å². The summed E-state index contributed by atoms with van der Waals surface area (Å²) in [5, 5.41) is 2.86. The summed E-state index contributed by atoms with van der Waals surface area (Å²) in [6, 6.07) is 16.9. The van der Waals surface area contributed by atoms with Gasteiger partial charge in [0, 0.05) is 52.2 Å². The van der Waals surface area contributed by atoms with Crippen molar-refractivity contribution in [1.29, 1.82) is 0 Å². The third kappa shape index (κ3) is 4.89. The van der Waals surface area contributed by atoms with E-state index in [0.717, 1.165) is 15.5 Å². The first-order valence-corrected chi connectivity index (χ1v) is 10.5. The molecular weight excluding hydrogens is 387 g/mol. The highest BCUT2D eigenvalue weighted by molar-refractivity contribution is 7.99. The van der Waals surface area contributed by atoms with Crippen LogP contribution < -0.4 is 5.32 Å². The molecule has 2 heterocycles. The van der Waals surface area contributed by atoms with Gasteiger partial charge in [0.05, 0.1) is 0 Å². The molecule has 29 heavy (non-hydrogen) atoms. The Hall–Kier alpha value is -2.57. The van der Waals surface area contributed by atoms with Crippen LogP contribution >= 0.6 is 11.8 Å². The molecule has 0 atom stereocenters. The van der Waals surface area contributed by atoms with Gasteiger partial charge in [-0.1, -0.05) is 11.8 Å². The fourth-order valence-electron chi connectivity index (χ4n) is 3.46. The predicted octanol–water partition coefficient (Wildman–Crippen LogP) is 5.44. The molecule has 1 amide bonds. The number of halogens is 1. The minimum Gasteiger partial charge on any atom is -0.381 e. The van der Waals surface area contributed by atoms with Gasteiger partial charge in [-0.3, -0.25) is 4.79 Å². The highest BCUT2D eigenvalue weighted by Crippen LogP contribution is 2.31. The van der Waals surface area contributed by atoms with Crippen LogP contribution in [-0.4, -0.2) is 23.7 Å². The van der Waals surface area contributed by atoms with Crippen molar-refractivity contribution >= 4 is 23.4 Å². The van der Waals surface area contributed by atoms with Crippen LogP contribution in [0.25, 0.3) is 5.69 Å². The van der Waals surface area contributed by atoms with Crippen molar-refractivity contribution in [2.24, 2.45) is 5.92 Å². The first kappa shape index (κ1) is 19.7. The number of aromatic nitrogens is 1. The SMILES string of the molecule is Cc1cccn1-c1ccc(Sc2cc(F)cc(NC(=O)C3CCOCC3)c2)cc1. The molecule has 1 aromatic heterocycles. The van der Waals surface area contributed by atoms with Crippen molar-refractivity contribution in [3.05, 3.63) is 72.3 Å². The number of carbonyl (C=O) groups is 1. The molecule has 1 aliphatic rings. The van der Waals surface area contributed by atoms with Gasteiger partial charge in [-0.25, -0.2) is 4.39 Å². The van der Waals surface area contributed by atoms with Crippen LogP contribution in [0, 0.1) is 18.7 Å². The molecule has 4 rings (SSSR count). The molecular formula is C23H23FN2O2S. The number of hydrogen-bond acceptors (Lipinski definition) is 3. The maximum atomic E-state index is 14.1. The largest absolute Gasteiger partial charge is 0.381 e. The Labute approximate surface area is 174 Å². The number of amides is 1. The minimum absolute atomic E-state index is 0.0682. The van der Waals surface area contributed by atoms with Crippen LogP contribution in [0.1, 0.15) is 18.5 Å². The highest BCUT2D eigenvalue weighted by Gasteiger charge is 2.21. The maximum absolute atomic E-state index is 14.1. The smallest absolute Gasteiger partial charge is 0.227 e. The molecule has 1 fully saturated rings.